The first kappa shape index (κ1) is 31.7. The van der Waals surface area contributed by atoms with Gasteiger partial charge in [-0.3, -0.25) is 0 Å². The van der Waals surface area contributed by atoms with E-state index in [2.05, 4.69) is 120 Å². The van der Waals surface area contributed by atoms with E-state index in [9.17, 15) is 10.2 Å². The van der Waals surface area contributed by atoms with Crippen LogP contribution < -0.4 is 9.47 Å². The number of ether oxygens (including phenoxy) is 2. The Hall–Kier alpha value is -5.24. The Labute approximate surface area is 304 Å². The summed E-state index contributed by atoms with van der Waals surface area (Å²) in [6.07, 6.45) is 0. The fraction of sp³-hybridized carbons (Fsp3) is 0.111. The summed E-state index contributed by atoms with van der Waals surface area (Å²) >= 11 is 3.55. The fourth-order valence-electron chi connectivity index (χ4n) is 7.78. The van der Waals surface area contributed by atoms with Gasteiger partial charge in [0.1, 0.15) is 24.7 Å². The first-order chi connectivity index (χ1) is 25.2. The molecule has 0 bridgehead atoms. The average molecular weight is 703 g/mol. The molecule has 0 atom stereocenters. The van der Waals surface area contributed by atoms with Crippen LogP contribution in [0, 0.1) is 0 Å². The van der Waals surface area contributed by atoms with Gasteiger partial charge in [0.25, 0.3) is 0 Å². The van der Waals surface area contributed by atoms with Crippen molar-refractivity contribution in [1.82, 2.24) is 0 Å². The van der Waals surface area contributed by atoms with Crippen molar-refractivity contribution in [3.63, 3.8) is 0 Å². The largest absolute Gasteiger partial charge is 0.491 e. The van der Waals surface area contributed by atoms with Gasteiger partial charge >= 0.3 is 0 Å². The Morgan fingerprint density at radius 1 is 0.471 bits per heavy atom. The minimum Gasteiger partial charge on any atom is -0.491 e. The van der Waals surface area contributed by atoms with Crippen molar-refractivity contribution < 1.29 is 19.7 Å². The molecule has 51 heavy (non-hydrogen) atoms. The molecule has 2 aromatic heterocycles. The van der Waals surface area contributed by atoms with Crippen molar-refractivity contribution in [2.75, 3.05) is 26.4 Å². The quantitative estimate of drug-likeness (QED) is 0.149. The summed E-state index contributed by atoms with van der Waals surface area (Å²) in [4.78, 5) is 0. The van der Waals surface area contributed by atoms with Crippen molar-refractivity contribution in [2.45, 2.75) is 5.41 Å². The molecule has 4 nitrogen and oxygen atoms in total. The van der Waals surface area contributed by atoms with Crippen molar-refractivity contribution in [1.29, 1.82) is 0 Å². The molecule has 1 aliphatic rings. The SMILES string of the molecule is OCCOc1ccc(C2(c3ccc(OCCO)cc3)c3cc(-c4csc5ccccc45)ccc3-c3ccc(-c4csc5ccccc45)cc32)cc1. The summed E-state index contributed by atoms with van der Waals surface area (Å²) in [5.74, 6) is 1.43. The van der Waals surface area contributed by atoms with Crippen LogP contribution in [0.3, 0.4) is 0 Å². The number of aliphatic hydroxyl groups is 2. The minimum absolute atomic E-state index is 0.0444. The zero-order valence-electron chi connectivity index (χ0n) is 27.7. The van der Waals surface area contributed by atoms with Crippen LogP contribution in [0.15, 0.2) is 144 Å². The van der Waals surface area contributed by atoms with Crippen molar-refractivity contribution in [3.05, 3.63) is 166 Å². The van der Waals surface area contributed by atoms with E-state index in [1.54, 1.807) is 22.7 Å². The highest BCUT2D eigenvalue weighted by Gasteiger charge is 2.46. The molecular weight excluding hydrogens is 669 g/mol. The lowest BCUT2D eigenvalue weighted by Crippen LogP contribution is -2.28. The maximum Gasteiger partial charge on any atom is 0.119 e. The third kappa shape index (κ3) is 5.26. The van der Waals surface area contributed by atoms with E-state index in [1.807, 2.05) is 24.3 Å². The molecule has 0 radical (unpaired) electrons. The lowest BCUT2D eigenvalue weighted by molar-refractivity contribution is 0.201. The number of hydrogen-bond donors (Lipinski definition) is 2. The van der Waals surface area contributed by atoms with E-state index in [0.717, 1.165) is 11.1 Å². The summed E-state index contributed by atoms with van der Waals surface area (Å²) in [5, 5.41) is 25.9. The molecule has 250 valence electrons. The van der Waals surface area contributed by atoms with Crippen LogP contribution in [-0.4, -0.2) is 36.6 Å². The van der Waals surface area contributed by atoms with Gasteiger partial charge in [0.05, 0.1) is 18.6 Å². The Morgan fingerprint density at radius 3 is 1.33 bits per heavy atom. The zero-order chi connectivity index (χ0) is 34.4. The van der Waals surface area contributed by atoms with Crippen molar-refractivity contribution >= 4 is 42.8 Å². The van der Waals surface area contributed by atoms with Crippen LogP contribution >= 0.6 is 22.7 Å². The van der Waals surface area contributed by atoms with Crippen LogP contribution in [0.4, 0.5) is 0 Å². The Bertz CT molecular complexity index is 2330. The second-order valence-electron chi connectivity index (χ2n) is 12.8. The molecule has 0 saturated carbocycles. The Morgan fingerprint density at radius 2 is 0.902 bits per heavy atom. The van der Waals surface area contributed by atoms with Crippen LogP contribution in [0.5, 0.6) is 11.5 Å². The number of thiophene rings is 2. The molecule has 8 aromatic rings. The fourth-order valence-corrected chi connectivity index (χ4v) is 9.72. The lowest BCUT2D eigenvalue weighted by Gasteiger charge is -2.34. The number of benzene rings is 6. The average Bonchev–Trinajstić information content (AvgIpc) is 3.89. The molecule has 1 aliphatic carbocycles. The van der Waals surface area contributed by atoms with Gasteiger partial charge in [0.2, 0.25) is 0 Å². The highest BCUT2D eigenvalue weighted by Crippen LogP contribution is 2.58. The minimum atomic E-state index is -0.681. The van der Waals surface area contributed by atoms with E-state index in [0.29, 0.717) is 11.5 Å². The number of aliphatic hydroxyl groups excluding tert-OH is 2. The molecule has 0 aliphatic heterocycles. The summed E-state index contributed by atoms with van der Waals surface area (Å²) < 4.78 is 14.2. The first-order valence-corrected chi connectivity index (χ1v) is 18.9. The molecule has 0 amide bonds. The third-order valence-corrected chi connectivity index (χ3v) is 11.9. The third-order valence-electron chi connectivity index (χ3n) is 10.0. The second-order valence-corrected chi connectivity index (χ2v) is 14.6. The molecule has 0 fully saturated rings. The van der Waals surface area contributed by atoms with Gasteiger partial charge in [-0.1, -0.05) is 84.9 Å². The van der Waals surface area contributed by atoms with E-state index in [1.165, 1.54) is 64.7 Å². The molecule has 6 aromatic carbocycles. The maximum absolute atomic E-state index is 9.43. The van der Waals surface area contributed by atoms with E-state index >= 15 is 0 Å². The zero-order valence-corrected chi connectivity index (χ0v) is 29.3. The van der Waals surface area contributed by atoms with Gasteiger partial charge in [-0.15, -0.1) is 22.7 Å². The summed E-state index contributed by atoms with van der Waals surface area (Å²) in [7, 11) is 0. The molecule has 0 unspecified atom stereocenters. The Balaban J connectivity index is 1.33. The lowest BCUT2D eigenvalue weighted by atomic mass is 9.67. The molecule has 2 heterocycles. The van der Waals surface area contributed by atoms with Gasteiger partial charge < -0.3 is 19.7 Å². The molecule has 0 saturated heterocycles. The van der Waals surface area contributed by atoms with Crippen molar-refractivity contribution in [3.8, 4) is 44.9 Å². The molecule has 9 rings (SSSR count). The number of hydrogen-bond acceptors (Lipinski definition) is 6. The van der Waals surface area contributed by atoms with Gasteiger partial charge in [-0.2, -0.15) is 0 Å². The normalized spacial score (nSPS) is 13.0. The van der Waals surface area contributed by atoms with Gasteiger partial charge in [-0.05, 0) is 104 Å². The highest BCUT2D eigenvalue weighted by atomic mass is 32.1. The van der Waals surface area contributed by atoms with Crippen molar-refractivity contribution in [2.24, 2.45) is 0 Å². The van der Waals surface area contributed by atoms with Gasteiger partial charge in [0, 0.05) is 31.3 Å². The summed E-state index contributed by atoms with van der Waals surface area (Å²) in [5.41, 5.74) is 11.2. The van der Waals surface area contributed by atoms with Gasteiger partial charge in [0.15, 0.2) is 0 Å². The maximum atomic E-state index is 9.43. The second kappa shape index (κ2) is 13.1. The smallest absolute Gasteiger partial charge is 0.119 e. The predicted molar refractivity (Wildman–Crippen MR) is 211 cm³/mol. The highest BCUT2D eigenvalue weighted by molar-refractivity contribution is 7.18. The number of rotatable bonds is 10. The monoisotopic (exact) mass is 702 g/mol. The van der Waals surface area contributed by atoms with Crippen LogP contribution in [0.25, 0.3) is 53.6 Å². The van der Waals surface area contributed by atoms with Crippen LogP contribution in [-0.2, 0) is 5.41 Å². The molecule has 6 heteroatoms. The van der Waals surface area contributed by atoms with Gasteiger partial charge in [-0.25, -0.2) is 0 Å². The van der Waals surface area contributed by atoms with E-state index in [4.69, 9.17) is 9.47 Å². The van der Waals surface area contributed by atoms with Crippen LogP contribution in [0.2, 0.25) is 0 Å². The first-order valence-electron chi connectivity index (χ1n) is 17.1. The Kier molecular flexibility index (Phi) is 8.17. The standard InChI is InChI=1S/C45H34O4S2/c46-21-23-48-33-15-11-31(12-16-33)45(32-13-17-34(18-14-32)49-24-22-47)41-25-29(39-27-50-43-7-3-1-5-37(39)43)9-19-35(41)36-20-10-30(26-42(36)45)40-28-51-44-8-4-2-6-38(40)44/h1-20,25-28,46-47H,21-24H2. The molecular formula is C45H34O4S2. The predicted octanol–water partition coefficient (Wildman–Crippen LogP) is 10.6. The van der Waals surface area contributed by atoms with Crippen LogP contribution in [0.1, 0.15) is 22.3 Å². The topological polar surface area (TPSA) is 58.9 Å². The van der Waals surface area contributed by atoms with E-state index in [-0.39, 0.29) is 26.4 Å². The summed E-state index contributed by atoms with van der Waals surface area (Å²) in [6, 6.07) is 47.9. The molecule has 0 spiro atoms. The summed E-state index contributed by atoms with van der Waals surface area (Å²) in [6.45, 7) is 0.386. The molecule has 2 N–H and O–H groups in total. The number of fused-ring (bicyclic) bond motifs is 5. The van der Waals surface area contributed by atoms with E-state index < -0.39 is 5.41 Å².